The number of hydrogen-bond donors (Lipinski definition) is 0. The summed E-state index contributed by atoms with van der Waals surface area (Å²) in [6.07, 6.45) is 4.47. The van der Waals surface area contributed by atoms with Gasteiger partial charge in [0, 0.05) is 0 Å². The lowest BCUT2D eigenvalue weighted by atomic mass is 10.1. The quantitative estimate of drug-likeness (QED) is 0.458. The van der Waals surface area contributed by atoms with Crippen molar-refractivity contribution in [3.05, 3.63) is 0 Å². The van der Waals surface area contributed by atoms with Crippen LogP contribution in [0.2, 0.25) is 0 Å². The molecule has 1 aliphatic heterocycles. The minimum atomic E-state index is 0.386. The monoisotopic (exact) mass is 144 g/mol. The highest BCUT2D eigenvalue weighted by molar-refractivity contribution is 7.58. The van der Waals surface area contributed by atoms with E-state index >= 15 is 0 Å². The molecular formula is C8H17P. The van der Waals surface area contributed by atoms with Gasteiger partial charge >= 0.3 is 0 Å². The first kappa shape index (κ1) is 7.54. The van der Waals surface area contributed by atoms with Crippen molar-refractivity contribution in [2.75, 3.05) is 6.66 Å². The highest BCUT2D eigenvalue weighted by atomic mass is 31.1. The van der Waals surface area contributed by atoms with Crippen LogP contribution in [0.5, 0.6) is 0 Å². The Hall–Kier alpha value is 0.430. The Balaban J connectivity index is 2.41. The van der Waals surface area contributed by atoms with Crippen molar-refractivity contribution in [3.8, 4) is 0 Å². The highest BCUT2D eigenvalue weighted by Crippen LogP contribution is 2.49. The Morgan fingerprint density at radius 3 is 1.89 bits per heavy atom. The summed E-state index contributed by atoms with van der Waals surface area (Å²) in [7, 11) is 0.386. The molecule has 0 spiro atoms. The van der Waals surface area contributed by atoms with Crippen LogP contribution in [0.25, 0.3) is 0 Å². The topological polar surface area (TPSA) is 0 Å². The smallest absolute Gasteiger partial charge is 0.0238 e. The largest absolute Gasteiger partial charge is 0.104 e. The summed E-state index contributed by atoms with van der Waals surface area (Å²) in [6, 6.07) is 0. The molecule has 1 aliphatic rings. The second-order valence-electron chi connectivity index (χ2n) is 3.29. The second kappa shape index (κ2) is 3.01. The molecule has 1 saturated heterocycles. The lowest BCUT2D eigenvalue weighted by Gasteiger charge is -2.32. The van der Waals surface area contributed by atoms with Gasteiger partial charge in [0.1, 0.15) is 0 Å². The summed E-state index contributed by atoms with van der Waals surface area (Å²) in [4.78, 5) is 0. The molecule has 0 aliphatic carbocycles. The maximum absolute atomic E-state index is 2.46. The van der Waals surface area contributed by atoms with Gasteiger partial charge in [-0.3, -0.25) is 0 Å². The van der Waals surface area contributed by atoms with Crippen LogP contribution < -0.4 is 0 Å². The molecule has 0 radical (unpaired) electrons. The van der Waals surface area contributed by atoms with Gasteiger partial charge in [0.15, 0.2) is 0 Å². The fourth-order valence-corrected chi connectivity index (χ4v) is 3.60. The van der Waals surface area contributed by atoms with Crippen molar-refractivity contribution in [3.63, 3.8) is 0 Å². The molecule has 0 aromatic rings. The molecule has 1 heterocycles. The SMILES string of the molecule is C[C@H]1CCC[C@H](C)P1C. The molecule has 1 rings (SSSR count). The molecule has 0 amide bonds. The van der Waals surface area contributed by atoms with E-state index < -0.39 is 0 Å². The van der Waals surface area contributed by atoms with E-state index in [0.29, 0.717) is 7.92 Å². The molecule has 1 heteroatoms. The Morgan fingerprint density at radius 2 is 1.56 bits per heavy atom. The van der Waals surface area contributed by atoms with E-state index in [0.717, 1.165) is 11.3 Å². The minimum Gasteiger partial charge on any atom is -0.104 e. The van der Waals surface area contributed by atoms with Crippen molar-refractivity contribution >= 4 is 7.92 Å². The third-order valence-corrected chi connectivity index (χ3v) is 5.93. The van der Waals surface area contributed by atoms with E-state index in [1.807, 2.05) is 0 Å². The van der Waals surface area contributed by atoms with E-state index in [9.17, 15) is 0 Å². The highest BCUT2D eigenvalue weighted by Gasteiger charge is 2.22. The molecule has 0 unspecified atom stereocenters. The molecule has 0 bridgehead atoms. The minimum absolute atomic E-state index is 0.386. The number of hydrogen-bond acceptors (Lipinski definition) is 0. The lowest BCUT2D eigenvalue weighted by Crippen LogP contribution is -2.15. The first-order chi connectivity index (χ1) is 4.22. The molecular weight excluding hydrogens is 127 g/mol. The first-order valence-electron chi connectivity index (χ1n) is 3.93. The van der Waals surface area contributed by atoms with E-state index in [1.54, 1.807) is 0 Å². The van der Waals surface area contributed by atoms with Crippen LogP contribution in [-0.2, 0) is 0 Å². The zero-order valence-corrected chi connectivity index (χ0v) is 7.62. The normalized spacial score (nSPS) is 39.0. The molecule has 0 nitrogen and oxygen atoms in total. The van der Waals surface area contributed by atoms with E-state index in [-0.39, 0.29) is 0 Å². The van der Waals surface area contributed by atoms with Gasteiger partial charge in [-0.05, 0) is 30.8 Å². The Morgan fingerprint density at radius 1 is 1.11 bits per heavy atom. The molecule has 0 aromatic heterocycles. The van der Waals surface area contributed by atoms with Crippen molar-refractivity contribution in [2.24, 2.45) is 0 Å². The third kappa shape index (κ3) is 1.67. The van der Waals surface area contributed by atoms with Crippen LogP contribution in [0.4, 0.5) is 0 Å². The van der Waals surface area contributed by atoms with Crippen molar-refractivity contribution in [1.29, 1.82) is 0 Å². The van der Waals surface area contributed by atoms with Crippen molar-refractivity contribution in [2.45, 2.75) is 44.4 Å². The molecule has 54 valence electrons. The zero-order valence-electron chi connectivity index (χ0n) is 6.72. The predicted octanol–water partition coefficient (Wildman–Crippen LogP) is 3.06. The molecule has 2 atom stereocenters. The van der Waals surface area contributed by atoms with Gasteiger partial charge in [-0.2, -0.15) is 0 Å². The molecule has 9 heavy (non-hydrogen) atoms. The van der Waals surface area contributed by atoms with Crippen LogP contribution in [0.15, 0.2) is 0 Å². The van der Waals surface area contributed by atoms with Gasteiger partial charge in [-0.25, -0.2) is 0 Å². The van der Waals surface area contributed by atoms with E-state index in [1.165, 1.54) is 19.3 Å². The summed E-state index contributed by atoms with van der Waals surface area (Å²) in [5.74, 6) is 0. The summed E-state index contributed by atoms with van der Waals surface area (Å²) in [5, 5.41) is 0. The summed E-state index contributed by atoms with van der Waals surface area (Å²) < 4.78 is 0. The Labute approximate surface area is 59.8 Å². The molecule has 0 N–H and O–H groups in total. The Kier molecular flexibility index (Phi) is 2.52. The van der Waals surface area contributed by atoms with Gasteiger partial charge in [-0.1, -0.05) is 20.3 Å². The average molecular weight is 144 g/mol. The fourth-order valence-electron chi connectivity index (χ4n) is 1.55. The van der Waals surface area contributed by atoms with E-state index in [2.05, 4.69) is 20.5 Å². The van der Waals surface area contributed by atoms with Crippen LogP contribution in [0.3, 0.4) is 0 Å². The zero-order chi connectivity index (χ0) is 6.85. The van der Waals surface area contributed by atoms with Gasteiger partial charge in [0.25, 0.3) is 0 Å². The molecule has 0 aromatic carbocycles. The first-order valence-corrected chi connectivity index (χ1v) is 5.86. The maximum Gasteiger partial charge on any atom is -0.0238 e. The van der Waals surface area contributed by atoms with Crippen LogP contribution in [0.1, 0.15) is 33.1 Å². The van der Waals surface area contributed by atoms with Crippen LogP contribution in [-0.4, -0.2) is 18.0 Å². The predicted molar refractivity (Wildman–Crippen MR) is 45.6 cm³/mol. The van der Waals surface area contributed by atoms with Gasteiger partial charge < -0.3 is 0 Å². The van der Waals surface area contributed by atoms with Crippen molar-refractivity contribution in [1.82, 2.24) is 0 Å². The van der Waals surface area contributed by atoms with Gasteiger partial charge in [-0.15, -0.1) is 7.92 Å². The standard InChI is InChI=1S/C8H17P/c1-7-5-4-6-8(2)9(7)3/h7-8H,4-6H2,1-3H3/t7-,8-/m0/s1. The molecule has 1 fully saturated rings. The lowest BCUT2D eigenvalue weighted by molar-refractivity contribution is 0.626. The average Bonchev–Trinajstić information content (AvgIpc) is 1.83. The van der Waals surface area contributed by atoms with Crippen LogP contribution in [0, 0.1) is 0 Å². The summed E-state index contributed by atoms with van der Waals surface area (Å²) >= 11 is 0. The maximum atomic E-state index is 2.46. The molecule has 0 saturated carbocycles. The Bertz CT molecular complexity index is 80.6. The summed E-state index contributed by atoms with van der Waals surface area (Å²) in [6.45, 7) is 7.30. The third-order valence-electron chi connectivity index (χ3n) is 2.63. The fraction of sp³-hybridized carbons (Fsp3) is 1.00. The second-order valence-corrected chi connectivity index (χ2v) is 6.39. The number of rotatable bonds is 0. The van der Waals surface area contributed by atoms with Gasteiger partial charge in [0.2, 0.25) is 0 Å². The summed E-state index contributed by atoms with van der Waals surface area (Å²) in [5.41, 5.74) is 2.09. The van der Waals surface area contributed by atoms with Crippen molar-refractivity contribution < 1.29 is 0 Å². The van der Waals surface area contributed by atoms with Crippen LogP contribution >= 0.6 is 7.92 Å². The van der Waals surface area contributed by atoms with Gasteiger partial charge in [0.05, 0.1) is 0 Å². The van der Waals surface area contributed by atoms with E-state index in [4.69, 9.17) is 0 Å².